The summed E-state index contributed by atoms with van der Waals surface area (Å²) in [5.74, 6) is 0. The van der Waals surface area contributed by atoms with Crippen LogP contribution < -0.4 is 4.72 Å². The van der Waals surface area contributed by atoms with Gasteiger partial charge in [0.2, 0.25) is 0 Å². The van der Waals surface area contributed by atoms with Crippen molar-refractivity contribution in [2.24, 2.45) is 0 Å². The molecule has 4 nitrogen and oxygen atoms in total. The third kappa shape index (κ3) is 3.54. The van der Waals surface area contributed by atoms with Crippen molar-refractivity contribution in [3.63, 3.8) is 0 Å². The molecule has 0 atom stereocenters. The molecular weight excluding hydrogens is 292 g/mol. The van der Waals surface area contributed by atoms with Gasteiger partial charge in [-0.1, -0.05) is 0 Å². The van der Waals surface area contributed by atoms with Crippen molar-refractivity contribution in [2.45, 2.75) is 38.3 Å². The first kappa shape index (κ1) is 13.6. The van der Waals surface area contributed by atoms with Crippen LogP contribution in [-0.2, 0) is 10.0 Å². The van der Waals surface area contributed by atoms with Crippen LogP contribution in [0.15, 0.2) is 21.8 Å². The average molecular weight is 307 g/mol. The predicted octanol–water partition coefficient (Wildman–Crippen LogP) is 2.23. The average Bonchev–Trinajstić information content (AvgIpc) is 1.97. The number of sulfonamides is 1. The predicted molar refractivity (Wildman–Crippen MR) is 66.7 cm³/mol. The molecule has 0 aliphatic rings. The molecule has 0 amide bonds. The van der Waals surface area contributed by atoms with Gasteiger partial charge in [-0.2, -0.15) is 0 Å². The maximum absolute atomic E-state index is 12.0. The van der Waals surface area contributed by atoms with Gasteiger partial charge in [-0.25, -0.2) is 18.1 Å². The molecule has 0 saturated carbocycles. The van der Waals surface area contributed by atoms with Gasteiger partial charge in [-0.3, -0.25) is 0 Å². The fraction of sp³-hybridized carbons (Fsp3) is 0.500. The quantitative estimate of drug-likeness (QED) is 0.911. The van der Waals surface area contributed by atoms with E-state index in [1.165, 1.54) is 6.20 Å². The molecule has 1 aromatic rings. The summed E-state index contributed by atoms with van der Waals surface area (Å²) in [6.07, 6.45) is 1.48. The largest absolute Gasteiger partial charge is 0.258 e. The highest BCUT2D eigenvalue weighted by Gasteiger charge is 2.24. The van der Waals surface area contributed by atoms with E-state index >= 15 is 0 Å². The Balaban J connectivity index is 3.18. The summed E-state index contributed by atoms with van der Waals surface area (Å²) in [6.45, 7) is 7.09. The van der Waals surface area contributed by atoms with Crippen LogP contribution in [0.4, 0.5) is 0 Å². The van der Waals surface area contributed by atoms with Gasteiger partial charge in [0.15, 0.2) is 5.03 Å². The van der Waals surface area contributed by atoms with Crippen LogP contribution in [0.1, 0.15) is 26.3 Å². The standard InChI is InChI=1S/C10H15BrN2O2S/c1-7-5-8(11)6-12-9(7)16(14,15)13-10(2,3)4/h5-6,13H,1-4H3. The maximum Gasteiger partial charge on any atom is 0.258 e. The van der Waals surface area contributed by atoms with E-state index in [-0.39, 0.29) is 5.03 Å². The monoisotopic (exact) mass is 306 g/mol. The van der Waals surface area contributed by atoms with E-state index in [2.05, 4.69) is 25.6 Å². The van der Waals surface area contributed by atoms with Crippen molar-refractivity contribution >= 4 is 26.0 Å². The number of hydrogen-bond donors (Lipinski definition) is 1. The molecule has 0 aliphatic carbocycles. The smallest absolute Gasteiger partial charge is 0.242 e. The molecule has 1 heterocycles. The Hall–Kier alpha value is -0.460. The van der Waals surface area contributed by atoms with Crippen molar-refractivity contribution in [3.05, 3.63) is 22.3 Å². The lowest BCUT2D eigenvalue weighted by atomic mass is 10.1. The molecule has 1 rings (SSSR count). The van der Waals surface area contributed by atoms with E-state index < -0.39 is 15.6 Å². The summed E-state index contributed by atoms with van der Waals surface area (Å²) in [7, 11) is -3.55. The Morgan fingerprint density at radius 1 is 1.38 bits per heavy atom. The summed E-state index contributed by atoms with van der Waals surface area (Å²) in [5, 5.41) is 0.0747. The molecule has 1 N–H and O–H groups in total. The van der Waals surface area contributed by atoms with Crippen LogP contribution in [0.2, 0.25) is 0 Å². The number of hydrogen-bond acceptors (Lipinski definition) is 3. The molecule has 0 bridgehead atoms. The van der Waals surface area contributed by atoms with E-state index in [4.69, 9.17) is 0 Å². The summed E-state index contributed by atoms with van der Waals surface area (Å²) in [6, 6.07) is 1.73. The minimum Gasteiger partial charge on any atom is -0.242 e. The number of halogens is 1. The molecule has 0 saturated heterocycles. The zero-order valence-corrected chi connectivity index (χ0v) is 12.1. The fourth-order valence-corrected chi connectivity index (χ4v) is 3.28. The van der Waals surface area contributed by atoms with Crippen LogP contribution in [0, 0.1) is 6.92 Å². The molecule has 0 spiro atoms. The summed E-state index contributed by atoms with van der Waals surface area (Å²) >= 11 is 3.25. The molecule has 1 aromatic heterocycles. The first-order chi connectivity index (χ1) is 7.12. The Morgan fingerprint density at radius 3 is 2.38 bits per heavy atom. The Kier molecular flexibility index (Phi) is 3.76. The lowest BCUT2D eigenvalue weighted by molar-refractivity contribution is 0.489. The van der Waals surface area contributed by atoms with Gasteiger partial charge in [0.05, 0.1) is 0 Å². The van der Waals surface area contributed by atoms with Gasteiger partial charge >= 0.3 is 0 Å². The summed E-state index contributed by atoms with van der Waals surface area (Å²) < 4.78 is 27.3. The van der Waals surface area contributed by atoms with Crippen molar-refractivity contribution in [1.82, 2.24) is 9.71 Å². The molecule has 0 aromatic carbocycles. The second-order valence-corrected chi connectivity index (χ2v) is 7.14. The number of aromatic nitrogens is 1. The van der Waals surface area contributed by atoms with Gasteiger partial charge in [0.25, 0.3) is 10.0 Å². The zero-order valence-electron chi connectivity index (χ0n) is 9.70. The van der Waals surface area contributed by atoms with E-state index in [1.807, 2.05) is 0 Å². The lowest BCUT2D eigenvalue weighted by Crippen LogP contribution is -2.41. The maximum atomic E-state index is 12.0. The van der Waals surface area contributed by atoms with E-state index in [1.54, 1.807) is 33.8 Å². The van der Waals surface area contributed by atoms with Crippen molar-refractivity contribution < 1.29 is 8.42 Å². The Bertz CT molecular complexity index is 492. The molecular formula is C10H15BrN2O2S. The van der Waals surface area contributed by atoms with Crippen LogP contribution >= 0.6 is 15.9 Å². The third-order valence-corrected chi connectivity index (χ3v) is 3.94. The topological polar surface area (TPSA) is 59.1 Å². The molecule has 90 valence electrons. The highest BCUT2D eigenvalue weighted by atomic mass is 79.9. The zero-order chi connectivity index (χ0) is 12.6. The van der Waals surface area contributed by atoms with E-state index in [0.29, 0.717) is 5.56 Å². The van der Waals surface area contributed by atoms with Gasteiger partial charge < -0.3 is 0 Å². The normalized spacial score (nSPS) is 12.8. The highest BCUT2D eigenvalue weighted by Crippen LogP contribution is 2.18. The minimum absolute atomic E-state index is 0.0747. The van der Waals surface area contributed by atoms with Crippen molar-refractivity contribution in [1.29, 1.82) is 0 Å². The summed E-state index contributed by atoms with van der Waals surface area (Å²) in [5.41, 5.74) is 0.103. The highest BCUT2D eigenvalue weighted by molar-refractivity contribution is 9.10. The molecule has 0 radical (unpaired) electrons. The van der Waals surface area contributed by atoms with Gasteiger partial charge in [-0.05, 0) is 55.3 Å². The number of rotatable bonds is 2. The van der Waals surface area contributed by atoms with Crippen LogP contribution in [0.25, 0.3) is 0 Å². The number of pyridine rings is 1. The first-order valence-corrected chi connectivity index (χ1v) is 7.05. The first-order valence-electron chi connectivity index (χ1n) is 4.78. The van der Waals surface area contributed by atoms with E-state index in [9.17, 15) is 8.42 Å². The Labute approximate surface area is 105 Å². The van der Waals surface area contributed by atoms with Crippen LogP contribution in [-0.4, -0.2) is 18.9 Å². The second-order valence-electron chi connectivity index (χ2n) is 4.63. The van der Waals surface area contributed by atoms with E-state index in [0.717, 1.165) is 4.47 Å². The molecule has 0 aliphatic heterocycles. The molecule has 6 heteroatoms. The molecule has 16 heavy (non-hydrogen) atoms. The van der Waals surface area contributed by atoms with Crippen molar-refractivity contribution in [2.75, 3.05) is 0 Å². The van der Waals surface area contributed by atoms with Gasteiger partial charge in [-0.15, -0.1) is 0 Å². The minimum atomic E-state index is -3.55. The number of aryl methyl sites for hydroxylation is 1. The number of nitrogens with one attached hydrogen (secondary N) is 1. The third-order valence-electron chi connectivity index (χ3n) is 1.69. The fourth-order valence-electron chi connectivity index (χ4n) is 1.26. The second kappa shape index (κ2) is 4.43. The lowest BCUT2D eigenvalue weighted by Gasteiger charge is -2.20. The Morgan fingerprint density at radius 2 is 1.94 bits per heavy atom. The van der Waals surface area contributed by atoms with Gasteiger partial charge in [0.1, 0.15) is 0 Å². The van der Waals surface area contributed by atoms with Crippen LogP contribution in [0.3, 0.4) is 0 Å². The van der Waals surface area contributed by atoms with Crippen LogP contribution in [0.5, 0.6) is 0 Å². The van der Waals surface area contributed by atoms with Crippen molar-refractivity contribution in [3.8, 4) is 0 Å². The van der Waals surface area contributed by atoms with Gasteiger partial charge in [0, 0.05) is 16.2 Å². The SMILES string of the molecule is Cc1cc(Br)cnc1S(=O)(=O)NC(C)(C)C. The molecule has 0 fully saturated rings. The summed E-state index contributed by atoms with van der Waals surface area (Å²) in [4.78, 5) is 3.94. The molecule has 0 unspecified atom stereocenters. The number of nitrogens with zero attached hydrogens (tertiary/aromatic N) is 1.